The Bertz CT molecular complexity index is 533. The Morgan fingerprint density at radius 3 is 2.94 bits per heavy atom. The molecule has 2 heterocycles. The minimum absolute atomic E-state index is 0.132. The molecular weight excluding hydrogens is 321 g/mol. The van der Waals surface area contributed by atoms with Crippen LogP contribution in [0.2, 0.25) is 0 Å². The van der Waals surface area contributed by atoms with Gasteiger partial charge in [-0.2, -0.15) is 0 Å². The Balaban J connectivity index is 2.35. The monoisotopic (exact) mass is 331 g/mol. The van der Waals surface area contributed by atoms with Gasteiger partial charge in [-0.25, -0.2) is 9.78 Å². The molecule has 2 aromatic rings. The molecule has 0 atom stereocenters. The number of aromatic nitrogens is 1. The second kappa shape index (κ2) is 4.40. The summed E-state index contributed by atoms with van der Waals surface area (Å²) in [5.41, 5.74) is 0.976. The smallest absolute Gasteiger partial charge is 0.339 e. The van der Waals surface area contributed by atoms with E-state index < -0.39 is 0 Å². The number of hydrogen-bond acceptors (Lipinski definition) is 4. The van der Waals surface area contributed by atoms with Gasteiger partial charge in [0.15, 0.2) is 3.77 Å². The zero-order chi connectivity index (χ0) is 11.7. The highest BCUT2D eigenvalue weighted by atomic mass is 127. The topological polar surface area (TPSA) is 52.3 Å². The van der Waals surface area contributed by atoms with Crippen LogP contribution in [0.4, 0.5) is 0 Å². The van der Waals surface area contributed by atoms with Crippen molar-refractivity contribution in [2.45, 2.75) is 20.0 Å². The Labute approximate surface area is 106 Å². The van der Waals surface area contributed by atoms with Crippen LogP contribution in [0.25, 0.3) is 11.1 Å². The third kappa shape index (κ3) is 2.34. The second-order valence-electron chi connectivity index (χ2n) is 3.62. The number of halogens is 1. The molecule has 0 radical (unpaired) electrons. The van der Waals surface area contributed by atoms with Gasteiger partial charge in [-0.3, -0.25) is 0 Å². The van der Waals surface area contributed by atoms with E-state index in [0.29, 0.717) is 11.3 Å². The Hall–Kier alpha value is -1.11. The fourth-order valence-corrected chi connectivity index (χ4v) is 1.84. The summed E-state index contributed by atoms with van der Waals surface area (Å²) in [5.74, 6) is -0.361. The predicted molar refractivity (Wildman–Crippen MR) is 67.3 cm³/mol. The second-order valence-corrected chi connectivity index (χ2v) is 4.69. The molecule has 2 aromatic heterocycles. The van der Waals surface area contributed by atoms with E-state index in [1.807, 2.05) is 19.9 Å². The average molecular weight is 331 g/mol. The number of furan rings is 1. The first-order chi connectivity index (χ1) is 7.56. The molecule has 5 heteroatoms. The maximum Gasteiger partial charge on any atom is 0.339 e. The molecule has 2 rings (SSSR count). The normalized spacial score (nSPS) is 11.0. The van der Waals surface area contributed by atoms with Crippen molar-refractivity contribution in [1.82, 2.24) is 4.98 Å². The Morgan fingerprint density at radius 1 is 1.50 bits per heavy atom. The lowest BCUT2D eigenvalue weighted by atomic mass is 10.2. The lowest BCUT2D eigenvalue weighted by Crippen LogP contribution is -2.11. The number of ether oxygens (including phenoxy) is 1. The zero-order valence-corrected chi connectivity index (χ0v) is 11.0. The number of nitrogens with zero attached hydrogens (tertiary/aromatic N) is 1. The zero-order valence-electron chi connectivity index (χ0n) is 8.86. The summed E-state index contributed by atoms with van der Waals surface area (Å²) in [5, 5.41) is 0.808. The van der Waals surface area contributed by atoms with Crippen molar-refractivity contribution >= 4 is 39.7 Å². The molecular formula is C11H10INO3. The largest absolute Gasteiger partial charge is 0.459 e. The summed E-state index contributed by atoms with van der Waals surface area (Å²) in [6, 6.07) is 3.55. The molecule has 0 bridgehead atoms. The van der Waals surface area contributed by atoms with Crippen molar-refractivity contribution in [3.05, 3.63) is 27.7 Å². The van der Waals surface area contributed by atoms with E-state index >= 15 is 0 Å². The highest BCUT2D eigenvalue weighted by molar-refractivity contribution is 14.1. The SMILES string of the molecule is CC(C)OC(=O)c1cnc2oc(I)cc2c1. The summed E-state index contributed by atoms with van der Waals surface area (Å²) in [6.07, 6.45) is 1.33. The number of rotatable bonds is 2. The van der Waals surface area contributed by atoms with E-state index in [4.69, 9.17) is 9.15 Å². The van der Waals surface area contributed by atoms with Crippen LogP contribution >= 0.6 is 22.6 Å². The van der Waals surface area contributed by atoms with Crippen LogP contribution in [0.1, 0.15) is 24.2 Å². The van der Waals surface area contributed by atoms with Gasteiger partial charge in [0.05, 0.1) is 11.7 Å². The number of hydrogen-bond donors (Lipinski definition) is 0. The molecule has 0 N–H and O–H groups in total. The maximum atomic E-state index is 11.6. The Morgan fingerprint density at radius 2 is 2.25 bits per heavy atom. The molecule has 0 fully saturated rings. The number of esters is 1. The summed E-state index contributed by atoms with van der Waals surface area (Å²) >= 11 is 2.06. The van der Waals surface area contributed by atoms with Crippen molar-refractivity contribution < 1.29 is 13.9 Å². The number of fused-ring (bicyclic) bond motifs is 1. The molecule has 0 spiro atoms. The van der Waals surface area contributed by atoms with Crippen LogP contribution in [0.5, 0.6) is 0 Å². The minimum atomic E-state index is -0.361. The average Bonchev–Trinajstić information content (AvgIpc) is 2.55. The van der Waals surface area contributed by atoms with Gasteiger partial charge in [0.25, 0.3) is 0 Å². The molecule has 0 aliphatic rings. The van der Waals surface area contributed by atoms with E-state index in [9.17, 15) is 4.79 Å². The fraction of sp³-hybridized carbons (Fsp3) is 0.273. The maximum absolute atomic E-state index is 11.6. The van der Waals surface area contributed by atoms with Gasteiger partial charge in [0.1, 0.15) is 0 Å². The van der Waals surface area contributed by atoms with Gasteiger partial charge in [0, 0.05) is 11.6 Å². The first-order valence-corrected chi connectivity index (χ1v) is 5.90. The van der Waals surface area contributed by atoms with Gasteiger partial charge in [0.2, 0.25) is 5.71 Å². The summed E-state index contributed by atoms with van der Waals surface area (Å²) < 4.78 is 11.1. The van der Waals surface area contributed by atoms with Crippen molar-refractivity contribution in [2.75, 3.05) is 0 Å². The van der Waals surface area contributed by atoms with E-state index in [1.165, 1.54) is 6.20 Å². The number of pyridine rings is 1. The highest BCUT2D eigenvalue weighted by Gasteiger charge is 2.12. The van der Waals surface area contributed by atoms with E-state index in [-0.39, 0.29) is 12.1 Å². The quantitative estimate of drug-likeness (QED) is 0.627. The molecule has 0 unspecified atom stereocenters. The van der Waals surface area contributed by atoms with Gasteiger partial charge in [-0.05, 0) is 48.6 Å². The molecule has 4 nitrogen and oxygen atoms in total. The van der Waals surface area contributed by atoms with E-state index in [1.54, 1.807) is 6.07 Å². The van der Waals surface area contributed by atoms with E-state index in [0.717, 1.165) is 9.15 Å². The first-order valence-electron chi connectivity index (χ1n) is 4.82. The van der Waals surface area contributed by atoms with Crippen LogP contribution in [0.3, 0.4) is 0 Å². The fourth-order valence-electron chi connectivity index (χ4n) is 1.30. The summed E-state index contributed by atoms with van der Waals surface area (Å²) in [4.78, 5) is 15.7. The molecule has 84 valence electrons. The lowest BCUT2D eigenvalue weighted by Gasteiger charge is -2.06. The molecule has 0 saturated heterocycles. The van der Waals surface area contributed by atoms with Crippen molar-refractivity contribution in [2.24, 2.45) is 0 Å². The predicted octanol–water partition coefficient (Wildman–Crippen LogP) is 3.00. The van der Waals surface area contributed by atoms with Gasteiger partial charge in [-0.1, -0.05) is 0 Å². The molecule has 0 amide bonds. The summed E-state index contributed by atoms with van der Waals surface area (Å²) in [6.45, 7) is 3.62. The van der Waals surface area contributed by atoms with Gasteiger partial charge >= 0.3 is 5.97 Å². The van der Waals surface area contributed by atoms with Crippen molar-refractivity contribution in [3.8, 4) is 0 Å². The molecule has 0 aliphatic heterocycles. The third-order valence-corrected chi connectivity index (χ3v) is 2.45. The number of carbonyl (C=O) groups is 1. The highest BCUT2D eigenvalue weighted by Crippen LogP contribution is 2.20. The van der Waals surface area contributed by atoms with Gasteiger partial charge < -0.3 is 9.15 Å². The lowest BCUT2D eigenvalue weighted by molar-refractivity contribution is 0.0377. The first kappa shape index (κ1) is 11.4. The third-order valence-electron chi connectivity index (χ3n) is 1.92. The van der Waals surface area contributed by atoms with Crippen LogP contribution in [0.15, 0.2) is 22.7 Å². The van der Waals surface area contributed by atoms with Crippen LogP contribution in [0, 0.1) is 3.77 Å². The standard InChI is InChI=1S/C11H10INO3/c1-6(2)15-11(14)8-3-7-4-9(12)16-10(7)13-5-8/h3-6H,1-2H3. The van der Waals surface area contributed by atoms with Crippen LogP contribution < -0.4 is 0 Å². The van der Waals surface area contributed by atoms with Crippen LogP contribution in [-0.4, -0.2) is 17.1 Å². The van der Waals surface area contributed by atoms with Crippen LogP contribution in [-0.2, 0) is 4.74 Å². The molecule has 16 heavy (non-hydrogen) atoms. The van der Waals surface area contributed by atoms with E-state index in [2.05, 4.69) is 27.6 Å². The number of carbonyl (C=O) groups excluding carboxylic acids is 1. The molecule has 0 saturated carbocycles. The molecule has 0 aliphatic carbocycles. The van der Waals surface area contributed by atoms with Crippen molar-refractivity contribution in [1.29, 1.82) is 0 Å². The van der Waals surface area contributed by atoms with Gasteiger partial charge in [-0.15, -0.1) is 0 Å². The van der Waals surface area contributed by atoms with Crippen molar-refractivity contribution in [3.63, 3.8) is 0 Å². The molecule has 0 aromatic carbocycles. The Kier molecular flexibility index (Phi) is 3.13. The minimum Gasteiger partial charge on any atom is -0.459 e. The summed E-state index contributed by atoms with van der Waals surface area (Å²) in [7, 11) is 0.